The number of ether oxygens (including phenoxy) is 2. The first-order valence-electron chi connectivity index (χ1n) is 8.87. The number of hydrogen-bond acceptors (Lipinski definition) is 3. The van der Waals surface area contributed by atoms with Crippen LogP contribution in [0.15, 0.2) is 72.8 Å². The van der Waals surface area contributed by atoms with E-state index in [-0.39, 0.29) is 12.5 Å². The largest absolute Gasteiger partial charge is 0.489 e. The lowest BCUT2D eigenvalue weighted by atomic mass is 10.1. The topological polar surface area (TPSA) is 47.6 Å². The van der Waals surface area contributed by atoms with Gasteiger partial charge in [-0.15, -0.1) is 0 Å². The number of amides is 1. The molecule has 0 saturated heterocycles. The average molecular weight is 361 g/mol. The SMILES string of the molecule is Cc1cccc(C)c1OCC(=O)Nc1ccc(OCc2ccccc2)cc1. The first-order chi connectivity index (χ1) is 13.1. The summed E-state index contributed by atoms with van der Waals surface area (Å²) in [6.45, 7) is 4.41. The van der Waals surface area contributed by atoms with Gasteiger partial charge in [-0.2, -0.15) is 0 Å². The Labute approximate surface area is 159 Å². The predicted octanol–water partition coefficient (Wildman–Crippen LogP) is 4.90. The number of benzene rings is 3. The molecule has 4 heteroatoms. The molecule has 0 fully saturated rings. The zero-order valence-corrected chi connectivity index (χ0v) is 15.6. The molecule has 3 aromatic carbocycles. The van der Waals surface area contributed by atoms with Crippen LogP contribution in [0.1, 0.15) is 16.7 Å². The summed E-state index contributed by atoms with van der Waals surface area (Å²) in [5, 5.41) is 2.83. The number of nitrogens with one attached hydrogen (secondary N) is 1. The normalized spacial score (nSPS) is 10.3. The zero-order chi connectivity index (χ0) is 19.1. The lowest BCUT2D eigenvalue weighted by molar-refractivity contribution is -0.118. The van der Waals surface area contributed by atoms with Crippen molar-refractivity contribution in [2.75, 3.05) is 11.9 Å². The van der Waals surface area contributed by atoms with Crippen LogP contribution in [-0.4, -0.2) is 12.5 Å². The highest BCUT2D eigenvalue weighted by atomic mass is 16.5. The Bertz CT molecular complexity index is 869. The zero-order valence-electron chi connectivity index (χ0n) is 15.6. The second-order valence-corrected chi connectivity index (χ2v) is 6.36. The summed E-state index contributed by atoms with van der Waals surface area (Å²) in [5.74, 6) is 1.32. The van der Waals surface area contributed by atoms with Gasteiger partial charge in [0.15, 0.2) is 6.61 Å². The molecule has 3 rings (SSSR count). The van der Waals surface area contributed by atoms with Gasteiger partial charge >= 0.3 is 0 Å². The maximum absolute atomic E-state index is 12.1. The minimum Gasteiger partial charge on any atom is -0.489 e. The molecule has 0 aliphatic carbocycles. The molecule has 0 heterocycles. The van der Waals surface area contributed by atoms with Gasteiger partial charge < -0.3 is 14.8 Å². The van der Waals surface area contributed by atoms with Crippen molar-refractivity contribution in [1.82, 2.24) is 0 Å². The summed E-state index contributed by atoms with van der Waals surface area (Å²) >= 11 is 0. The third kappa shape index (κ3) is 5.35. The van der Waals surface area contributed by atoms with E-state index in [1.54, 1.807) is 0 Å². The third-order valence-electron chi connectivity index (χ3n) is 4.14. The first kappa shape index (κ1) is 18.5. The number of carbonyl (C=O) groups is 1. The van der Waals surface area contributed by atoms with Crippen molar-refractivity contribution < 1.29 is 14.3 Å². The van der Waals surface area contributed by atoms with Gasteiger partial charge in [-0.1, -0.05) is 48.5 Å². The molecule has 27 heavy (non-hydrogen) atoms. The molecule has 138 valence electrons. The van der Waals surface area contributed by atoms with Crippen LogP contribution in [-0.2, 0) is 11.4 Å². The Balaban J connectivity index is 1.49. The number of anilines is 1. The molecule has 0 unspecified atom stereocenters. The minimum atomic E-state index is -0.199. The highest BCUT2D eigenvalue weighted by Gasteiger charge is 2.08. The quantitative estimate of drug-likeness (QED) is 0.651. The van der Waals surface area contributed by atoms with E-state index in [0.717, 1.165) is 28.2 Å². The van der Waals surface area contributed by atoms with Crippen LogP contribution in [0.25, 0.3) is 0 Å². The van der Waals surface area contributed by atoms with Gasteiger partial charge in [0.1, 0.15) is 18.1 Å². The number of para-hydroxylation sites is 1. The second-order valence-electron chi connectivity index (χ2n) is 6.36. The van der Waals surface area contributed by atoms with Crippen molar-refractivity contribution in [3.05, 3.63) is 89.5 Å². The van der Waals surface area contributed by atoms with Crippen molar-refractivity contribution in [3.63, 3.8) is 0 Å². The number of carbonyl (C=O) groups excluding carboxylic acids is 1. The van der Waals surface area contributed by atoms with Crippen LogP contribution < -0.4 is 14.8 Å². The molecule has 0 aliphatic heterocycles. The lowest BCUT2D eigenvalue weighted by Gasteiger charge is -2.12. The van der Waals surface area contributed by atoms with Crippen molar-refractivity contribution in [3.8, 4) is 11.5 Å². The van der Waals surface area contributed by atoms with Crippen LogP contribution in [0, 0.1) is 13.8 Å². The molecule has 0 radical (unpaired) electrons. The highest BCUT2D eigenvalue weighted by Crippen LogP contribution is 2.22. The summed E-state index contributed by atoms with van der Waals surface area (Å²) in [5.41, 5.74) is 3.85. The van der Waals surface area contributed by atoms with Crippen LogP contribution in [0.4, 0.5) is 5.69 Å². The summed E-state index contributed by atoms with van der Waals surface area (Å²) < 4.78 is 11.4. The van der Waals surface area contributed by atoms with E-state index < -0.39 is 0 Å². The molecular weight excluding hydrogens is 338 g/mol. The minimum absolute atomic E-state index is 0.0298. The smallest absolute Gasteiger partial charge is 0.262 e. The van der Waals surface area contributed by atoms with Gasteiger partial charge in [-0.25, -0.2) is 0 Å². The maximum Gasteiger partial charge on any atom is 0.262 e. The van der Waals surface area contributed by atoms with Gasteiger partial charge in [0.2, 0.25) is 0 Å². The van der Waals surface area contributed by atoms with E-state index in [0.29, 0.717) is 12.3 Å². The molecule has 3 aromatic rings. The fraction of sp³-hybridized carbons (Fsp3) is 0.174. The molecule has 1 amide bonds. The average Bonchev–Trinajstić information content (AvgIpc) is 2.68. The van der Waals surface area contributed by atoms with E-state index in [2.05, 4.69) is 5.32 Å². The van der Waals surface area contributed by atoms with E-state index >= 15 is 0 Å². The van der Waals surface area contributed by atoms with E-state index in [4.69, 9.17) is 9.47 Å². The van der Waals surface area contributed by atoms with Crippen molar-refractivity contribution >= 4 is 11.6 Å². The van der Waals surface area contributed by atoms with Gasteiger partial charge in [0, 0.05) is 5.69 Å². The summed E-state index contributed by atoms with van der Waals surface area (Å²) in [7, 11) is 0. The lowest BCUT2D eigenvalue weighted by Crippen LogP contribution is -2.20. The predicted molar refractivity (Wildman–Crippen MR) is 107 cm³/mol. The summed E-state index contributed by atoms with van der Waals surface area (Å²) in [6.07, 6.45) is 0. The Kier molecular flexibility index (Phi) is 6.10. The molecule has 1 N–H and O–H groups in total. The fourth-order valence-corrected chi connectivity index (χ4v) is 2.74. The van der Waals surface area contributed by atoms with Gasteiger partial charge in [0.25, 0.3) is 5.91 Å². The summed E-state index contributed by atoms with van der Waals surface area (Å²) in [6, 6.07) is 23.2. The molecule has 0 bridgehead atoms. The van der Waals surface area contributed by atoms with E-state index in [1.165, 1.54) is 0 Å². The number of aryl methyl sites for hydroxylation is 2. The molecule has 0 aliphatic rings. The van der Waals surface area contributed by atoms with Gasteiger partial charge in [-0.05, 0) is 54.8 Å². The molecule has 0 aromatic heterocycles. The third-order valence-corrected chi connectivity index (χ3v) is 4.14. The monoisotopic (exact) mass is 361 g/mol. The molecular formula is C23H23NO3. The molecule has 0 atom stereocenters. The Morgan fingerprint density at radius 1 is 0.815 bits per heavy atom. The number of hydrogen-bond donors (Lipinski definition) is 1. The maximum atomic E-state index is 12.1. The van der Waals surface area contributed by atoms with Gasteiger partial charge in [-0.3, -0.25) is 4.79 Å². The molecule has 4 nitrogen and oxygen atoms in total. The first-order valence-corrected chi connectivity index (χ1v) is 8.87. The van der Waals surface area contributed by atoms with Crippen LogP contribution in [0.5, 0.6) is 11.5 Å². The van der Waals surface area contributed by atoms with Crippen LogP contribution in [0.2, 0.25) is 0 Å². The number of rotatable bonds is 7. The molecule has 0 saturated carbocycles. The Morgan fingerprint density at radius 3 is 2.15 bits per heavy atom. The van der Waals surface area contributed by atoms with Crippen molar-refractivity contribution in [2.24, 2.45) is 0 Å². The van der Waals surface area contributed by atoms with Crippen LogP contribution in [0.3, 0.4) is 0 Å². The highest BCUT2D eigenvalue weighted by molar-refractivity contribution is 5.91. The van der Waals surface area contributed by atoms with E-state index in [9.17, 15) is 4.79 Å². The van der Waals surface area contributed by atoms with Crippen molar-refractivity contribution in [2.45, 2.75) is 20.5 Å². The second kappa shape index (κ2) is 8.90. The summed E-state index contributed by atoms with van der Waals surface area (Å²) in [4.78, 5) is 12.1. The van der Waals surface area contributed by atoms with Crippen molar-refractivity contribution in [1.29, 1.82) is 0 Å². The van der Waals surface area contributed by atoms with Gasteiger partial charge in [0.05, 0.1) is 0 Å². The Hall–Kier alpha value is -3.27. The van der Waals surface area contributed by atoms with Crippen LogP contribution >= 0.6 is 0 Å². The Morgan fingerprint density at radius 2 is 1.48 bits per heavy atom. The van der Waals surface area contributed by atoms with E-state index in [1.807, 2.05) is 86.6 Å². The fourth-order valence-electron chi connectivity index (χ4n) is 2.74. The molecule has 0 spiro atoms. The standard InChI is InChI=1S/C23H23NO3/c1-17-7-6-8-18(2)23(17)27-16-22(25)24-20-11-13-21(14-12-20)26-15-19-9-4-3-5-10-19/h3-14H,15-16H2,1-2H3,(H,24,25).